The van der Waals surface area contributed by atoms with Crippen LogP contribution in [0.15, 0.2) is 0 Å². The lowest BCUT2D eigenvalue weighted by atomic mass is 10.2. The van der Waals surface area contributed by atoms with Crippen LogP contribution in [0.5, 0.6) is 0 Å². The molecule has 2 unspecified atom stereocenters. The van der Waals surface area contributed by atoms with E-state index < -0.39 is 0 Å². The highest BCUT2D eigenvalue weighted by atomic mass is 16.5. The van der Waals surface area contributed by atoms with Gasteiger partial charge in [-0.3, -0.25) is 9.69 Å². The van der Waals surface area contributed by atoms with Gasteiger partial charge in [-0.1, -0.05) is 6.92 Å². The fraction of sp³-hybridized carbons (Fsp3) is 0.923. The molecule has 1 N–H and O–H groups in total. The van der Waals surface area contributed by atoms with Crippen LogP contribution in [-0.4, -0.2) is 62.4 Å². The van der Waals surface area contributed by atoms with Gasteiger partial charge in [-0.05, 0) is 26.8 Å². The van der Waals surface area contributed by atoms with Crippen molar-refractivity contribution in [2.45, 2.75) is 39.3 Å². The third-order valence-electron chi connectivity index (χ3n) is 2.98. The summed E-state index contributed by atoms with van der Waals surface area (Å²) in [6.45, 7) is 10.5. The van der Waals surface area contributed by atoms with Crippen molar-refractivity contribution < 1.29 is 14.3 Å². The highest BCUT2D eigenvalue weighted by Crippen LogP contribution is 2.06. The van der Waals surface area contributed by atoms with Crippen LogP contribution in [0, 0.1) is 0 Å². The highest BCUT2D eigenvalue weighted by Gasteiger charge is 2.25. The average Bonchev–Trinajstić information content (AvgIpc) is 2.34. The minimum atomic E-state index is -0.227. The zero-order chi connectivity index (χ0) is 13.4. The minimum absolute atomic E-state index is 0.148. The summed E-state index contributed by atoms with van der Waals surface area (Å²) >= 11 is 0. The van der Waals surface area contributed by atoms with Crippen LogP contribution < -0.4 is 5.32 Å². The minimum Gasteiger partial charge on any atom is -0.465 e. The number of nitrogens with zero attached hydrogens (tertiary/aromatic N) is 1. The fourth-order valence-corrected chi connectivity index (χ4v) is 2.10. The first-order valence-electron chi connectivity index (χ1n) is 6.91. The Balaban J connectivity index is 2.45. The normalized spacial score (nSPS) is 22.7. The highest BCUT2D eigenvalue weighted by molar-refractivity contribution is 5.76. The van der Waals surface area contributed by atoms with Crippen LogP contribution in [0.1, 0.15) is 27.2 Å². The molecule has 1 fully saturated rings. The van der Waals surface area contributed by atoms with Gasteiger partial charge in [0.15, 0.2) is 0 Å². The molecule has 5 nitrogen and oxygen atoms in total. The van der Waals surface area contributed by atoms with E-state index in [1.165, 1.54) is 0 Å². The van der Waals surface area contributed by atoms with Crippen molar-refractivity contribution >= 4 is 5.97 Å². The molecule has 106 valence electrons. The molecule has 1 aliphatic heterocycles. The van der Waals surface area contributed by atoms with Crippen LogP contribution in [0.2, 0.25) is 0 Å². The predicted molar refractivity (Wildman–Crippen MR) is 70.6 cm³/mol. The summed E-state index contributed by atoms with van der Waals surface area (Å²) in [5.41, 5.74) is 0. The quantitative estimate of drug-likeness (QED) is 0.679. The monoisotopic (exact) mass is 258 g/mol. The van der Waals surface area contributed by atoms with Crippen LogP contribution in [-0.2, 0) is 14.3 Å². The van der Waals surface area contributed by atoms with E-state index in [0.717, 1.165) is 32.7 Å². The summed E-state index contributed by atoms with van der Waals surface area (Å²) in [6, 6.07) is -0.227. The SMILES string of the molecule is CCCNC(CN1CCOC(C)C1)C(=O)OCC. The summed E-state index contributed by atoms with van der Waals surface area (Å²) in [5, 5.41) is 3.26. The molecule has 5 heteroatoms. The second kappa shape index (κ2) is 8.45. The Morgan fingerprint density at radius 1 is 1.56 bits per heavy atom. The Morgan fingerprint density at radius 3 is 2.94 bits per heavy atom. The summed E-state index contributed by atoms with van der Waals surface area (Å²) in [6.07, 6.45) is 1.25. The number of rotatable bonds is 7. The zero-order valence-electron chi connectivity index (χ0n) is 11.8. The number of hydrogen-bond donors (Lipinski definition) is 1. The van der Waals surface area contributed by atoms with Gasteiger partial charge in [0.2, 0.25) is 0 Å². The van der Waals surface area contributed by atoms with Crippen molar-refractivity contribution in [3.8, 4) is 0 Å². The molecular weight excluding hydrogens is 232 g/mol. The van der Waals surface area contributed by atoms with Crippen molar-refractivity contribution in [1.82, 2.24) is 10.2 Å². The van der Waals surface area contributed by atoms with Gasteiger partial charge in [-0.2, -0.15) is 0 Å². The molecule has 0 aromatic heterocycles. The molecule has 1 aliphatic rings. The third-order valence-corrected chi connectivity index (χ3v) is 2.98. The topological polar surface area (TPSA) is 50.8 Å². The van der Waals surface area contributed by atoms with Gasteiger partial charge in [0, 0.05) is 19.6 Å². The van der Waals surface area contributed by atoms with E-state index in [-0.39, 0.29) is 18.1 Å². The molecule has 0 aliphatic carbocycles. The molecule has 0 saturated carbocycles. The Bertz CT molecular complexity index is 248. The van der Waals surface area contributed by atoms with Crippen molar-refractivity contribution in [3.05, 3.63) is 0 Å². The molecule has 1 rings (SSSR count). The van der Waals surface area contributed by atoms with Gasteiger partial charge in [-0.25, -0.2) is 0 Å². The summed E-state index contributed by atoms with van der Waals surface area (Å²) in [4.78, 5) is 14.1. The molecule has 0 aromatic rings. The molecular formula is C13H26N2O3. The van der Waals surface area contributed by atoms with Crippen molar-refractivity contribution in [2.24, 2.45) is 0 Å². The second-order valence-electron chi connectivity index (χ2n) is 4.70. The fourth-order valence-electron chi connectivity index (χ4n) is 2.10. The molecule has 1 heterocycles. The van der Waals surface area contributed by atoms with Gasteiger partial charge in [0.1, 0.15) is 6.04 Å². The Labute approximate surface area is 110 Å². The first kappa shape index (κ1) is 15.4. The number of morpholine rings is 1. The van der Waals surface area contributed by atoms with Crippen LogP contribution in [0.4, 0.5) is 0 Å². The largest absolute Gasteiger partial charge is 0.465 e. The Kier molecular flexibility index (Phi) is 7.23. The maximum absolute atomic E-state index is 11.9. The van der Waals surface area contributed by atoms with Crippen molar-refractivity contribution in [1.29, 1.82) is 0 Å². The summed E-state index contributed by atoms with van der Waals surface area (Å²) in [7, 11) is 0. The van der Waals surface area contributed by atoms with Gasteiger partial charge < -0.3 is 14.8 Å². The smallest absolute Gasteiger partial charge is 0.324 e. The lowest BCUT2D eigenvalue weighted by Gasteiger charge is -2.33. The summed E-state index contributed by atoms with van der Waals surface area (Å²) in [5.74, 6) is -0.148. The van der Waals surface area contributed by atoms with Gasteiger partial charge >= 0.3 is 5.97 Å². The molecule has 2 atom stereocenters. The van der Waals surface area contributed by atoms with Crippen molar-refractivity contribution in [3.63, 3.8) is 0 Å². The van der Waals surface area contributed by atoms with Crippen molar-refractivity contribution in [2.75, 3.05) is 39.4 Å². The van der Waals surface area contributed by atoms with Crippen LogP contribution in [0.25, 0.3) is 0 Å². The van der Waals surface area contributed by atoms with Crippen LogP contribution in [0.3, 0.4) is 0 Å². The maximum Gasteiger partial charge on any atom is 0.324 e. The summed E-state index contributed by atoms with van der Waals surface area (Å²) < 4.78 is 10.6. The van der Waals surface area contributed by atoms with Gasteiger partial charge in [0.25, 0.3) is 0 Å². The number of hydrogen-bond acceptors (Lipinski definition) is 5. The molecule has 18 heavy (non-hydrogen) atoms. The maximum atomic E-state index is 11.9. The van der Waals surface area contributed by atoms with E-state index in [9.17, 15) is 4.79 Å². The van der Waals surface area contributed by atoms with Gasteiger partial charge in [-0.15, -0.1) is 0 Å². The molecule has 0 aromatic carbocycles. The first-order valence-corrected chi connectivity index (χ1v) is 6.91. The van der Waals surface area contributed by atoms with E-state index in [1.807, 2.05) is 6.92 Å². The van der Waals surface area contributed by atoms with E-state index in [0.29, 0.717) is 13.2 Å². The third kappa shape index (κ3) is 5.33. The number of carbonyl (C=O) groups excluding carboxylic acids is 1. The predicted octanol–water partition coefficient (Wildman–Crippen LogP) is 0.638. The average molecular weight is 258 g/mol. The number of carbonyl (C=O) groups is 1. The lowest BCUT2D eigenvalue weighted by Crippen LogP contribution is -2.51. The molecule has 1 saturated heterocycles. The lowest BCUT2D eigenvalue weighted by molar-refractivity contribution is -0.146. The zero-order valence-corrected chi connectivity index (χ0v) is 11.8. The molecule has 0 bridgehead atoms. The number of nitrogens with one attached hydrogen (secondary N) is 1. The number of esters is 1. The molecule has 0 spiro atoms. The molecule has 0 radical (unpaired) electrons. The second-order valence-corrected chi connectivity index (χ2v) is 4.70. The van der Waals surface area contributed by atoms with E-state index >= 15 is 0 Å². The number of ether oxygens (including phenoxy) is 2. The van der Waals surface area contributed by atoms with Crippen LogP contribution >= 0.6 is 0 Å². The van der Waals surface area contributed by atoms with E-state index in [2.05, 4.69) is 24.1 Å². The van der Waals surface area contributed by atoms with E-state index in [4.69, 9.17) is 9.47 Å². The standard InChI is InChI=1S/C13H26N2O3/c1-4-6-14-12(13(16)17-5-2)10-15-7-8-18-11(3)9-15/h11-12,14H,4-10H2,1-3H3. The first-order chi connectivity index (χ1) is 8.67. The Hall–Kier alpha value is -0.650. The molecule has 0 amide bonds. The Morgan fingerprint density at radius 2 is 2.33 bits per heavy atom. The van der Waals surface area contributed by atoms with Gasteiger partial charge in [0.05, 0.1) is 19.3 Å². The van der Waals surface area contributed by atoms with E-state index in [1.54, 1.807) is 0 Å².